The highest BCUT2D eigenvalue weighted by molar-refractivity contribution is 5.94. The van der Waals surface area contributed by atoms with E-state index >= 15 is 0 Å². The molecule has 0 unspecified atom stereocenters. The molecule has 2 aromatic heterocycles. The Morgan fingerprint density at radius 1 is 1.15 bits per heavy atom. The van der Waals surface area contributed by atoms with Crippen molar-refractivity contribution in [3.8, 4) is 11.1 Å². The maximum Gasteiger partial charge on any atom is 0.471 e. The van der Waals surface area contributed by atoms with Gasteiger partial charge in [-0.25, -0.2) is 4.98 Å². The summed E-state index contributed by atoms with van der Waals surface area (Å²) in [5.41, 5.74) is 1.93. The molecule has 8 nitrogen and oxygen atoms in total. The highest BCUT2D eigenvalue weighted by Gasteiger charge is 2.43. The molecule has 0 radical (unpaired) electrons. The number of likely N-dealkylation sites (tertiary alicyclic amines) is 1. The van der Waals surface area contributed by atoms with E-state index in [0.717, 1.165) is 26.8 Å². The van der Waals surface area contributed by atoms with Crippen molar-refractivity contribution in [3.05, 3.63) is 42.9 Å². The molecule has 4 rings (SSSR count). The van der Waals surface area contributed by atoms with Gasteiger partial charge in [0.25, 0.3) is 0 Å². The molecule has 1 aliphatic rings. The first-order valence-electron chi connectivity index (χ1n) is 10.5. The van der Waals surface area contributed by atoms with E-state index in [4.69, 9.17) is 0 Å². The van der Waals surface area contributed by atoms with Crippen LogP contribution in [0.4, 0.5) is 19.0 Å². The zero-order valence-electron chi connectivity index (χ0n) is 17.9. The summed E-state index contributed by atoms with van der Waals surface area (Å²) in [4.78, 5) is 30.8. The fourth-order valence-corrected chi connectivity index (χ4v) is 4.02. The Hall–Kier alpha value is -3.47. The van der Waals surface area contributed by atoms with Crippen molar-refractivity contribution in [1.82, 2.24) is 25.0 Å². The second kappa shape index (κ2) is 9.18. The van der Waals surface area contributed by atoms with Crippen molar-refractivity contribution in [2.75, 3.05) is 32.0 Å². The molecule has 0 saturated carbocycles. The van der Waals surface area contributed by atoms with Crippen LogP contribution in [0.15, 0.2) is 42.9 Å². The van der Waals surface area contributed by atoms with Crippen LogP contribution in [0.2, 0.25) is 0 Å². The van der Waals surface area contributed by atoms with E-state index in [-0.39, 0.29) is 31.6 Å². The second-order valence-electron chi connectivity index (χ2n) is 8.10. The van der Waals surface area contributed by atoms with Gasteiger partial charge in [-0.15, -0.1) is 0 Å². The minimum absolute atomic E-state index is 0.0141. The van der Waals surface area contributed by atoms with Gasteiger partial charge in [-0.1, -0.05) is 12.1 Å². The molecule has 0 aliphatic carbocycles. The van der Waals surface area contributed by atoms with Crippen LogP contribution in [0.25, 0.3) is 21.9 Å². The van der Waals surface area contributed by atoms with Crippen molar-refractivity contribution in [2.45, 2.75) is 25.1 Å². The third kappa shape index (κ3) is 5.30. The van der Waals surface area contributed by atoms with Gasteiger partial charge in [0.2, 0.25) is 5.91 Å². The summed E-state index contributed by atoms with van der Waals surface area (Å²) < 4.78 is 37.8. The van der Waals surface area contributed by atoms with Crippen LogP contribution in [-0.2, 0) is 9.59 Å². The lowest BCUT2D eigenvalue weighted by atomic mass is 10.0. The van der Waals surface area contributed by atoms with Gasteiger partial charge in [0.15, 0.2) is 0 Å². The molecule has 33 heavy (non-hydrogen) atoms. The van der Waals surface area contributed by atoms with Crippen molar-refractivity contribution >= 4 is 28.4 Å². The molecule has 0 spiro atoms. The van der Waals surface area contributed by atoms with E-state index in [1.165, 1.54) is 0 Å². The van der Waals surface area contributed by atoms with E-state index in [2.05, 4.69) is 20.5 Å². The number of likely N-dealkylation sites (N-methyl/N-ethyl adjacent to an activating group) is 1. The first kappa shape index (κ1) is 22.7. The number of alkyl halides is 3. The van der Waals surface area contributed by atoms with E-state index in [1.54, 1.807) is 36.6 Å². The van der Waals surface area contributed by atoms with Crippen molar-refractivity contribution < 1.29 is 22.8 Å². The molecular weight excluding hydrogens is 437 g/mol. The SMILES string of the molecule is CN(CC(=O)Nc1cc2cc(-c3cn[nH]c3)ccc2cn1)C1CCN(C(=O)C(F)(F)F)CC1. The van der Waals surface area contributed by atoms with Crippen LogP contribution in [-0.4, -0.2) is 75.7 Å². The lowest BCUT2D eigenvalue weighted by Gasteiger charge is -2.36. The number of aromatic nitrogens is 3. The van der Waals surface area contributed by atoms with Gasteiger partial charge in [-0.05, 0) is 43.0 Å². The number of piperidine rings is 1. The number of fused-ring (bicyclic) bond motifs is 1. The molecule has 2 amide bonds. The molecule has 1 fully saturated rings. The lowest BCUT2D eigenvalue weighted by Crippen LogP contribution is -2.50. The van der Waals surface area contributed by atoms with Crippen LogP contribution in [0.3, 0.4) is 0 Å². The Morgan fingerprint density at radius 3 is 2.58 bits per heavy atom. The van der Waals surface area contributed by atoms with E-state index in [9.17, 15) is 22.8 Å². The Labute approximate surface area is 187 Å². The Morgan fingerprint density at radius 2 is 1.91 bits per heavy atom. The summed E-state index contributed by atoms with van der Waals surface area (Å²) in [6, 6.07) is 7.60. The van der Waals surface area contributed by atoms with E-state index < -0.39 is 12.1 Å². The number of nitrogens with zero attached hydrogens (tertiary/aromatic N) is 4. The van der Waals surface area contributed by atoms with E-state index in [0.29, 0.717) is 18.7 Å². The molecule has 174 valence electrons. The van der Waals surface area contributed by atoms with Crippen LogP contribution in [0, 0.1) is 0 Å². The largest absolute Gasteiger partial charge is 0.471 e. The normalized spacial score (nSPS) is 15.2. The number of benzene rings is 1. The van der Waals surface area contributed by atoms with Crippen LogP contribution >= 0.6 is 0 Å². The minimum atomic E-state index is -4.86. The Bertz CT molecular complexity index is 1140. The molecule has 1 aliphatic heterocycles. The molecule has 3 heterocycles. The smallest absolute Gasteiger partial charge is 0.335 e. The summed E-state index contributed by atoms with van der Waals surface area (Å²) in [6.45, 7) is 0.0903. The summed E-state index contributed by atoms with van der Waals surface area (Å²) in [6.07, 6.45) is 1.09. The molecule has 2 N–H and O–H groups in total. The summed E-state index contributed by atoms with van der Waals surface area (Å²) >= 11 is 0. The monoisotopic (exact) mass is 460 g/mol. The number of rotatable bonds is 5. The standard InChI is InChI=1S/C22H23F3N6O2/c1-30(18-4-6-31(7-5-18)21(33)22(23,24)25)13-20(32)29-19-9-16-8-14(17-11-27-28-12-17)2-3-15(16)10-26-19/h2-3,8-12,18H,4-7,13H2,1H3,(H,27,28)(H,26,29,32). The zero-order chi connectivity index (χ0) is 23.6. The first-order valence-corrected chi connectivity index (χ1v) is 10.5. The summed E-state index contributed by atoms with van der Waals surface area (Å²) in [5.74, 6) is -1.67. The van der Waals surface area contributed by atoms with Crippen molar-refractivity contribution in [2.24, 2.45) is 0 Å². The molecular formula is C22H23F3N6O2. The fraction of sp³-hybridized carbons (Fsp3) is 0.364. The number of carbonyl (C=O) groups is 2. The first-order chi connectivity index (χ1) is 15.7. The number of anilines is 1. The van der Waals surface area contributed by atoms with Crippen LogP contribution in [0.5, 0.6) is 0 Å². The number of hydrogen-bond donors (Lipinski definition) is 2. The molecule has 1 aromatic carbocycles. The highest BCUT2D eigenvalue weighted by Crippen LogP contribution is 2.25. The van der Waals surface area contributed by atoms with Gasteiger partial charge in [-0.2, -0.15) is 18.3 Å². The predicted octanol–water partition coefficient (Wildman–Crippen LogP) is 3.05. The average molecular weight is 460 g/mol. The van der Waals surface area contributed by atoms with Gasteiger partial charge in [0.05, 0.1) is 12.7 Å². The number of pyridine rings is 1. The van der Waals surface area contributed by atoms with Gasteiger partial charge >= 0.3 is 12.1 Å². The maximum atomic E-state index is 12.6. The van der Waals surface area contributed by atoms with Gasteiger partial charge in [0.1, 0.15) is 5.82 Å². The molecule has 3 aromatic rings. The number of amides is 2. The number of hydrogen-bond acceptors (Lipinski definition) is 5. The number of aromatic amines is 1. The maximum absolute atomic E-state index is 12.6. The van der Waals surface area contributed by atoms with Gasteiger partial charge in [-0.3, -0.25) is 19.6 Å². The van der Waals surface area contributed by atoms with Gasteiger partial charge < -0.3 is 10.2 Å². The average Bonchev–Trinajstić information content (AvgIpc) is 3.32. The fourth-order valence-electron chi connectivity index (χ4n) is 4.02. The quantitative estimate of drug-likeness (QED) is 0.611. The number of halogens is 3. The molecule has 0 atom stereocenters. The molecule has 11 heteroatoms. The Balaban J connectivity index is 1.34. The predicted molar refractivity (Wildman–Crippen MR) is 116 cm³/mol. The van der Waals surface area contributed by atoms with Crippen LogP contribution < -0.4 is 5.32 Å². The number of H-pyrrole nitrogens is 1. The zero-order valence-corrected chi connectivity index (χ0v) is 17.9. The minimum Gasteiger partial charge on any atom is -0.335 e. The van der Waals surface area contributed by atoms with Crippen LogP contribution in [0.1, 0.15) is 12.8 Å². The third-order valence-electron chi connectivity index (χ3n) is 5.83. The van der Waals surface area contributed by atoms with Crippen molar-refractivity contribution in [1.29, 1.82) is 0 Å². The third-order valence-corrected chi connectivity index (χ3v) is 5.83. The highest BCUT2D eigenvalue weighted by atomic mass is 19.4. The topological polar surface area (TPSA) is 94.2 Å². The summed E-state index contributed by atoms with van der Waals surface area (Å²) in [5, 5.41) is 11.4. The van der Waals surface area contributed by atoms with Gasteiger partial charge in [0, 0.05) is 42.5 Å². The lowest BCUT2D eigenvalue weighted by molar-refractivity contribution is -0.186. The number of carbonyl (C=O) groups excluding carboxylic acids is 2. The second-order valence-corrected chi connectivity index (χ2v) is 8.10. The molecule has 0 bridgehead atoms. The number of nitrogens with one attached hydrogen (secondary N) is 2. The van der Waals surface area contributed by atoms with E-state index in [1.807, 2.05) is 18.2 Å². The molecule has 1 saturated heterocycles. The Kier molecular flexibility index (Phi) is 6.32. The summed E-state index contributed by atoms with van der Waals surface area (Å²) in [7, 11) is 1.75. The van der Waals surface area contributed by atoms with Crippen molar-refractivity contribution in [3.63, 3.8) is 0 Å².